The second-order valence-corrected chi connectivity index (χ2v) is 11.4. The number of nitriles is 1. The first-order valence-electron chi connectivity index (χ1n) is 11.6. The zero-order chi connectivity index (χ0) is 25.7. The molecular formula is C25H24F3N3O4S. The first-order chi connectivity index (χ1) is 17.1. The number of likely N-dealkylation sites (tertiary alicyclic amines) is 1. The van der Waals surface area contributed by atoms with Crippen LogP contribution in [0.25, 0.3) is 11.1 Å². The Morgan fingerprint density at radius 3 is 2.50 bits per heavy atom. The van der Waals surface area contributed by atoms with Crippen molar-refractivity contribution in [3.8, 4) is 17.2 Å². The molecule has 3 atom stereocenters. The fraction of sp³-hybridized carbons (Fsp3) is 0.440. The molecule has 1 aliphatic carbocycles. The number of carbonyl (C=O) groups excluding carboxylic acids is 1. The van der Waals surface area contributed by atoms with E-state index in [-0.39, 0.29) is 37.1 Å². The van der Waals surface area contributed by atoms with Crippen LogP contribution in [0.3, 0.4) is 0 Å². The number of halogens is 3. The Morgan fingerprint density at radius 2 is 1.92 bits per heavy atom. The highest BCUT2D eigenvalue weighted by Crippen LogP contribution is 2.56. The van der Waals surface area contributed by atoms with Gasteiger partial charge >= 0.3 is 0 Å². The average molecular weight is 520 g/mol. The van der Waals surface area contributed by atoms with E-state index in [1.807, 2.05) is 6.07 Å². The number of sulfonamides is 1. The molecule has 1 N–H and O–H groups in total. The molecule has 7 nitrogen and oxygen atoms in total. The summed E-state index contributed by atoms with van der Waals surface area (Å²) in [6, 6.07) is 8.64. The lowest BCUT2D eigenvalue weighted by molar-refractivity contribution is -0.172. The number of hydrogen-bond acceptors (Lipinski definition) is 5. The number of rotatable bonds is 7. The third-order valence-corrected chi connectivity index (χ3v) is 8.41. The molecule has 0 aromatic heterocycles. The Hall–Kier alpha value is -2.94. The van der Waals surface area contributed by atoms with Gasteiger partial charge in [0.2, 0.25) is 21.6 Å². The van der Waals surface area contributed by atoms with Crippen LogP contribution < -0.4 is 4.72 Å². The van der Waals surface area contributed by atoms with Crippen molar-refractivity contribution in [2.24, 2.45) is 5.41 Å². The molecule has 1 amide bonds. The van der Waals surface area contributed by atoms with Crippen molar-refractivity contribution in [1.82, 2.24) is 9.62 Å². The van der Waals surface area contributed by atoms with Gasteiger partial charge in [-0.1, -0.05) is 30.3 Å². The molecule has 11 heteroatoms. The fourth-order valence-corrected chi connectivity index (χ4v) is 6.19. The number of amides is 1. The Labute approximate surface area is 206 Å². The second kappa shape index (κ2) is 8.87. The van der Waals surface area contributed by atoms with Crippen molar-refractivity contribution in [3.05, 3.63) is 59.7 Å². The van der Waals surface area contributed by atoms with Crippen molar-refractivity contribution in [2.75, 3.05) is 19.2 Å². The summed E-state index contributed by atoms with van der Waals surface area (Å²) in [5.41, 5.74) is -1.62. The van der Waals surface area contributed by atoms with Crippen LogP contribution in [0.5, 0.6) is 0 Å². The molecule has 36 heavy (non-hydrogen) atoms. The molecule has 3 fully saturated rings. The Bertz CT molecular complexity index is 1350. The van der Waals surface area contributed by atoms with Crippen molar-refractivity contribution in [2.45, 2.75) is 43.4 Å². The fourth-order valence-electron chi connectivity index (χ4n) is 5.34. The minimum absolute atomic E-state index is 0.0938. The van der Waals surface area contributed by atoms with E-state index < -0.39 is 56.7 Å². The molecule has 2 saturated heterocycles. The minimum atomic E-state index is -4.29. The van der Waals surface area contributed by atoms with Gasteiger partial charge in [0, 0.05) is 30.0 Å². The molecule has 0 bridgehead atoms. The number of ether oxygens (including phenoxy) is 1. The summed E-state index contributed by atoms with van der Waals surface area (Å²) in [6.45, 7) is 0.388. The van der Waals surface area contributed by atoms with Gasteiger partial charge in [-0.25, -0.2) is 26.3 Å². The highest BCUT2D eigenvalue weighted by Gasteiger charge is 2.64. The van der Waals surface area contributed by atoms with E-state index >= 15 is 4.39 Å². The third kappa shape index (κ3) is 4.17. The van der Waals surface area contributed by atoms with Gasteiger partial charge in [-0.2, -0.15) is 5.26 Å². The number of nitrogens with one attached hydrogen (secondary N) is 1. The van der Waals surface area contributed by atoms with Crippen LogP contribution in [0.2, 0.25) is 0 Å². The number of hydrogen-bond donors (Lipinski definition) is 1. The van der Waals surface area contributed by atoms with E-state index in [0.717, 1.165) is 0 Å². The van der Waals surface area contributed by atoms with Crippen LogP contribution in [0, 0.1) is 28.4 Å². The highest BCUT2D eigenvalue weighted by molar-refractivity contribution is 7.89. The Balaban J connectivity index is 1.54. The van der Waals surface area contributed by atoms with Gasteiger partial charge in [-0.3, -0.25) is 4.79 Å². The average Bonchev–Trinajstić information content (AvgIpc) is 3.55. The summed E-state index contributed by atoms with van der Waals surface area (Å²) in [5, 5.41) is 9.63. The maximum atomic E-state index is 15.7. The number of alkyl halides is 1. The van der Waals surface area contributed by atoms with Gasteiger partial charge < -0.3 is 9.64 Å². The lowest BCUT2D eigenvalue weighted by Crippen LogP contribution is -2.59. The topological polar surface area (TPSA) is 99.5 Å². The van der Waals surface area contributed by atoms with Gasteiger partial charge in [0.1, 0.15) is 17.7 Å². The molecule has 190 valence electrons. The first kappa shape index (κ1) is 24.7. The zero-order valence-corrected chi connectivity index (χ0v) is 20.0. The molecule has 5 rings (SSSR count). The van der Waals surface area contributed by atoms with Crippen LogP contribution in [-0.4, -0.2) is 56.1 Å². The Kier molecular flexibility index (Phi) is 6.09. The smallest absolute Gasteiger partial charge is 0.270 e. The van der Waals surface area contributed by atoms with Crippen molar-refractivity contribution in [3.63, 3.8) is 0 Å². The lowest BCUT2D eigenvalue weighted by atomic mass is 9.90. The quantitative estimate of drug-likeness (QED) is 0.606. The molecule has 0 radical (unpaired) electrons. The summed E-state index contributed by atoms with van der Waals surface area (Å²) in [6.07, 6.45) is 1.30. The minimum Gasteiger partial charge on any atom is -0.352 e. The Morgan fingerprint density at radius 1 is 1.19 bits per heavy atom. The van der Waals surface area contributed by atoms with E-state index in [1.165, 1.54) is 35.2 Å². The summed E-state index contributed by atoms with van der Waals surface area (Å²) in [5.74, 6) is -1.76. The molecule has 2 aromatic carbocycles. The van der Waals surface area contributed by atoms with E-state index in [9.17, 15) is 27.3 Å². The molecule has 3 aliphatic rings. The predicted octanol–water partition coefficient (Wildman–Crippen LogP) is 3.06. The number of carbonyl (C=O) groups is 1. The normalized spacial score (nSPS) is 26.4. The van der Waals surface area contributed by atoms with Gasteiger partial charge in [0.05, 0.1) is 12.6 Å². The molecule has 1 unspecified atom stereocenters. The molecule has 1 spiro atoms. The van der Waals surface area contributed by atoms with Crippen LogP contribution in [0.1, 0.15) is 24.8 Å². The van der Waals surface area contributed by atoms with Crippen LogP contribution in [0.15, 0.2) is 42.5 Å². The predicted molar refractivity (Wildman–Crippen MR) is 123 cm³/mol. The lowest BCUT2D eigenvalue weighted by Gasteiger charge is -2.39. The number of benzene rings is 2. The summed E-state index contributed by atoms with van der Waals surface area (Å²) < 4.78 is 74.9. The molecule has 2 aromatic rings. The van der Waals surface area contributed by atoms with E-state index in [0.29, 0.717) is 18.4 Å². The maximum absolute atomic E-state index is 15.7. The van der Waals surface area contributed by atoms with Crippen LogP contribution in [-0.2, 0) is 26.0 Å². The first-order valence-corrected chi connectivity index (χ1v) is 13.2. The summed E-state index contributed by atoms with van der Waals surface area (Å²) in [7, 11) is -4.29. The van der Waals surface area contributed by atoms with E-state index in [4.69, 9.17) is 4.74 Å². The van der Waals surface area contributed by atoms with Gasteiger partial charge in [-0.15, -0.1) is 0 Å². The van der Waals surface area contributed by atoms with Crippen LogP contribution in [0.4, 0.5) is 13.2 Å². The SMILES string of the molecule is N#CC1(C(=O)N2CC3(CC3)[C@H](NS(=O)(=O)CF)[C@@H]2Cc2cccc(-c3cccc(F)c3)c2F)CCO1. The molecule has 2 heterocycles. The largest absolute Gasteiger partial charge is 0.352 e. The second-order valence-electron chi connectivity index (χ2n) is 9.71. The summed E-state index contributed by atoms with van der Waals surface area (Å²) in [4.78, 5) is 14.9. The highest BCUT2D eigenvalue weighted by atomic mass is 32.2. The molecule has 2 aliphatic heterocycles. The standard InChI is InChI=1S/C25H24F3N3O4S/c26-15-36(33,34)30-22-20(31(14-24(22)7-8-24)23(32)25(13-29)9-10-35-25)12-17-4-2-6-19(21(17)28)16-3-1-5-18(27)11-16/h1-6,11,20,22,30H,7-10,12,14-15H2/t20-,22+,25?/m0/s1. The summed E-state index contributed by atoms with van der Waals surface area (Å²) >= 11 is 0. The van der Waals surface area contributed by atoms with Crippen molar-refractivity contribution >= 4 is 15.9 Å². The number of nitrogens with zero attached hydrogens (tertiary/aromatic N) is 2. The maximum Gasteiger partial charge on any atom is 0.270 e. The van der Waals surface area contributed by atoms with Crippen LogP contribution >= 0.6 is 0 Å². The zero-order valence-electron chi connectivity index (χ0n) is 19.2. The van der Waals surface area contributed by atoms with E-state index in [2.05, 4.69) is 4.72 Å². The monoisotopic (exact) mass is 519 g/mol. The van der Waals surface area contributed by atoms with Gasteiger partial charge in [0.25, 0.3) is 5.91 Å². The van der Waals surface area contributed by atoms with Crippen molar-refractivity contribution in [1.29, 1.82) is 5.26 Å². The molecule has 1 saturated carbocycles. The molecular weight excluding hydrogens is 495 g/mol. The van der Waals surface area contributed by atoms with Crippen molar-refractivity contribution < 1.29 is 31.1 Å². The van der Waals surface area contributed by atoms with Gasteiger partial charge in [0.15, 0.2) is 0 Å². The third-order valence-electron chi connectivity index (χ3n) is 7.51. The van der Waals surface area contributed by atoms with E-state index in [1.54, 1.807) is 12.1 Å². The van der Waals surface area contributed by atoms with Gasteiger partial charge in [-0.05, 0) is 42.5 Å².